The van der Waals surface area contributed by atoms with Crippen molar-refractivity contribution in [2.24, 2.45) is 5.41 Å². The number of aliphatic hydroxyl groups is 1. The van der Waals surface area contributed by atoms with E-state index in [2.05, 4.69) is 11.4 Å². The van der Waals surface area contributed by atoms with Crippen molar-refractivity contribution in [1.82, 2.24) is 4.98 Å². The zero-order chi connectivity index (χ0) is 18.3. The molecule has 1 aromatic carbocycles. The van der Waals surface area contributed by atoms with Crippen LogP contribution < -0.4 is 0 Å². The summed E-state index contributed by atoms with van der Waals surface area (Å²) in [5.74, 6) is 0.0874. The van der Waals surface area contributed by atoms with Crippen LogP contribution in [0.5, 0.6) is 0 Å². The number of hydrogen-bond donors (Lipinski definition) is 1. The molecule has 0 fully saturated rings. The standard InChI is InChI=1S/C22H26NO2/c1-22(2,3)21(25)16-19(24)14-8-7-12-18-13-9-15-20(23-18)17-10-5-4-6-11-17/h4-7,9-11,13,15-16,25H,8,12,14H2,1-3H3. The quantitative estimate of drug-likeness (QED) is 0.422. The molecule has 2 rings (SSSR count). The number of carbonyl (C=O) groups excluding carboxylic acids is 1. The maximum absolute atomic E-state index is 11.9. The topological polar surface area (TPSA) is 50.2 Å². The molecule has 131 valence electrons. The van der Waals surface area contributed by atoms with Gasteiger partial charge in [0.15, 0.2) is 5.78 Å². The largest absolute Gasteiger partial charge is 0.512 e. The molecule has 0 spiro atoms. The molecule has 2 aromatic rings. The van der Waals surface area contributed by atoms with E-state index >= 15 is 0 Å². The molecule has 0 aliphatic rings. The second kappa shape index (κ2) is 8.61. The summed E-state index contributed by atoms with van der Waals surface area (Å²) < 4.78 is 0. The lowest BCUT2D eigenvalue weighted by Gasteiger charge is -2.16. The Labute approximate surface area is 150 Å². The van der Waals surface area contributed by atoms with Crippen molar-refractivity contribution in [3.05, 3.63) is 72.5 Å². The number of allylic oxidation sites excluding steroid dienone is 2. The second-order valence-corrected chi connectivity index (χ2v) is 7.16. The molecule has 0 atom stereocenters. The molecule has 1 heterocycles. The van der Waals surface area contributed by atoms with Gasteiger partial charge in [0.2, 0.25) is 0 Å². The van der Waals surface area contributed by atoms with Gasteiger partial charge in [0.05, 0.1) is 5.69 Å². The van der Waals surface area contributed by atoms with Gasteiger partial charge in [0, 0.05) is 29.2 Å². The predicted octanol–water partition coefficient (Wildman–Crippen LogP) is 5.33. The van der Waals surface area contributed by atoms with Gasteiger partial charge in [-0.05, 0) is 31.4 Å². The highest BCUT2D eigenvalue weighted by molar-refractivity contribution is 5.90. The third kappa shape index (κ3) is 6.18. The lowest BCUT2D eigenvalue weighted by molar-refractivity contribution is -0.114. The van der Waals surface area contributed by atoms with Crippen LogP contribution in [0.25, 0.3) is 11.3 Å². The predicted molar refractivity (Wildman–Crippen MR) is 102 cm³/mol. The van der Waals surface area contributed by atoms with E-state index in [4.69, 9.17) is 0 Å². The van der Waals surface area contributed by atoms with E-state index in [0.29, 0.717) is 12.8 Å². The minimum Gasteiger partial charge on any atom is -0.512 e. The Bertz CT molecular complexity index is 727. The lowest BCUT2D eigenvalue weighted by Crippen LogP contribution is -2.10. The van der Waals surface area contributed by atoms with Gasteiger partial charge in [-0.3, -0.25) is 9.78 Å². The fraction of sp³-hybridized carbons (Fsp3) is 0.318. The second-order valence-electron chi connectivity index (χ2n) is 7.16. The third-order valence-electron chi connectivity index (χ3n) is 3.89. The van der Waals surface area contributed by atoms with Gasteiger partial charge in [-0.25, -0.2) is 0 Å². The van der Waals surface area contributed by atoms with Gasteiger partial charge in [-0.15, -0.1) is 0 Å². The Morgan fingerprint density at radius 1 is 1.08 bits per heavy atom. The van der Waals surface area contributed by atoms with Crippen LogP contribution in [-0.2, 0) is 11.2 Å². The first kappa shape index (κ1) is 18.9. The van der Waals surface area contributed by atoms with Gasteiger partial charge < -0.3 is 5.11 Å². The normalized spacial score (nSPS) is 12.2. The highest BCUT2D eigenvalue weighted by Gasteiger charge is 2.16. The van der Waals surface area contributed by atoms with Crippen molar-refractivity contribution in [3.8, 4) is 11.3 Å². The Hall–Kier alpha value is -2.42. The van der Waals surface area contributed by atoms with Crippen LogP contribution in [0.2, 0.25) is 0 Å². The molecule has 1 N–H and O–H groups in total. The fourth-order valence-corrected chi connectivity index (χ4v) is 2.30. The molecule has 1 radical (unpaired) electrons. The van der Waals surface area contributed by atoms with Crippen molar-refractivity contribution in [2.45, 2.75) is 40.0 Å². The molecule has 3 heteroatoms. The highest BCUT2D eigenvalue weighted by Crippen LogP contribution is 2.22. The summed E-state index contributed by atoms with van der Waals surface area (Å²) in [6, 6.07) is 16.1. The molecule has 0 unspecified atom stereocenters. The van der Waals surface area contributed by atoms with E-state index in [9.17, 15) is 9.90 Å². The number of benzene rings is 1. The smallest absolute Gasteiger partial charge is 0.159 e. The molecule has 0 aliphatic carbocycles. The van der Waals surface area contributed by atoms with Crippen LogP contribution >= 0.6 is 0 Å². The zero-order valence-corrected chi connectivity index (χ0v) is 15.2. The van der Waals surface area contributed by atoms with Crippen molar-refractivity contribution in [2.75, 3.05) is 0 Å². The van der Waals surface area contributed by atoms with E-state index < -0.39 is 0 Å². The van der Waals surface area contributed by atoms with E-state index in [-0.39, 0.29) is 17.0 Å². The van der Waals surface area contributed by atoms with Crippen LogP contribution in [0.1, 0.15) is 39.3 Å². The molecule has 0 amide bonds. The molecule has 25 heavy (non-hydrogen) atoms. The maximum Gasteiger partial charge on any atom is 0.159 e. The Kier molecular flexibility index (Phi) is 6.51. The summed E-state index contributed by atoms with van der Waals surface area (Å²) in [5.41, 5.74) is 2.66. The maximum atomic E-state index is 11.9. The molecule has 0 bridgehead atoms. The van der Waals surface area contributed by atoms with Gasteiger partial charge in [0.25, 0.3) is 0 Å². The van der Waals surface area contributed by atoms with Crippen molar-refractivity contribution < 1.29 is 9.90 Å². The van der Waals surface area contributed by atoms with Crippen molar-refractivity contribution >= 4 is 5.78 Å². The van der Waals surface area contributed by atoms with Gasteiger partial charge in [0.1, 0.15) is 5.76 Å². The van der Waals surface area contributed by atoms with E-state index in [1.165, 1.54) is 6.08 Å². The molecule has 3 nitrogen and oxygen atoms in total. The summed E-state index contributed by atoms with van der Waals surface area (Å²) >= 11 is 0. The number of nitrogens with zero attached hydrogens (tertiary/aromatic N) is 1. The van der Waals surface area contributed by atoms with Crippen LogP contribution in [-0.4, -0.2) is 15.9 Å². The van der Waals surface area contributed by atoms with E-state index in [1.54, 1.807) is 0 Å². The first-order chi connectivity index (χ1) is 11.9. The Morgan fingerprint density at radius 3 is 2.48 bits per heavy atom. The summed E-state index contributed by atoms with van der Waals surface area (Å²) in [5, 5.41) is 9.85. The first-order valence-corrected chi connectivity index (χ1v) is 8.63. The van der Waals surface area contributed by atoms with Crippen LogP contribution in [0.4, 0.5) is 0 Å². The number of aromatic nitrogens is 1. The number of carbonyl (C=O) groups is 1. The minimum absolute atomic E-state index is 0.0466. The summed E-state index contributed by atoms with van der Waals surface area (Å²) in [6.45, 7) is 5.64. The SMILES string of the molecule is CC(C)(C)C(O)=CC(=O)CC[CH]Cc1cccc(-c2ccccc2)n1. The van der Waals surface area contributed by atoms with Crippen molar-refractivity contribution in [3.63, 3.8) is 0 Å². The summed E-state index contributed by atoms with van der Waals surface area (Å²) in [6.07, 6.45) is 5.21. The van der Waals surface area contributed by atoms with E-state index in [0.717, 1.165) is 23.4 Å². The number of pyridine rings is 1. The first-order valence-electron chi connectivity index (χ1n) is 8.63. The van der Waals surface area contributed by atoms with Crippen LogP contribution in [0.3, 0.4) is 0 Å². The van der Waals surface area contributed by atoms with Crippen LogP contribution in [0.15, 0.2) is 60.4 Å². The highest BCUT2D eigenvalue weighted by atomic mass is 16.3. The summed E-state index contributed by atoms with van der Waals surface area (Å²) in [4.78, 5) is 16.6. The molecular weight excluding hydrogens is 310 g/mol. The molecule has 0 saturated carbocycles. The number of rotatable bonds is 7. The number of hydrogen-bond acceptors (Lipinski definition) is 3. The average Bonchev–Trinajstić information content (AvgIpc) is 2.59. The Morgan fingerprint density at radius 2 is 1.80 bits per heavy atom. The fourth-order valence-electron chi connectivity index (χ4n) is 2.30. The Balaban J connectivity index is 1.84. The molecule has 0 saturated heterocycles. The van der Waals surface area contributed by atoms with E-state index in [1.807, 2.05) is 69.3 Å². The van der Waals surface area contributed by atoms with Crippen LogP contribution in [0, 0.1) is 11.8 Å². The molecule has 1 aromatic heterocycles. The van der Waals surface area contributed by atoms with Gasteiger partial charge in [-0.1, -0.05) is 57.2 Å². The minimum atomic E-state index is -0.388. The zero-order valence-electron chi connectivity index (χ0n) is 15.2. The average molecular weight is 336 g/mol. The van der Waals surface area contributed by atoms with Crippen molar-refractivity contribution in [1.29, 1.82) is 0 Å². The summed E-state index contributed by atoms with van der Waals surface area (Å²) in [7, 11) is 0. The number of aliphatic hydroxyl groups excluding tert-OH is 1. The number of unbranched alkanes of at least 4 members (excludes halogenated alkanes) is 1. The third-order valence-corrected chi connectivity index (χ3v) is 3.89. The monoisotopic (exact) mass is 336 g/mol. The molecule has 0 aliphatic heterocycles. The lowest BCUT2D eigenvalue weighted by atomic mass is 9.92. The number of ketones is 1. The molecular formula is C22H26NO2. The van der Waals surface area contributed by atoms with Gasteiger partial charge in [-0.2, -0.15) is 0 Å². The van der Waals surface area contributed by atoms with Gasteiger partial charge >= 0.3 is 0 Å².